The van der Waals surface area contributed by atoms with Crippen LogP contribution < -0.4 is 0 Å². The molecule has 1 atom stereocenters. The van der Waals surface area contributed by atoms with Crippen LogP contribution in [0.4, 0.5) is 0 Å². The largest absolute Gasteiger partial charge is 0.391 e. The van der Waals surface area contributed by atoms with E-state index in [4.69, 9.17) is 11.6 Å². The van der Waals surface area contributed by atoms with Crippen molar-refractivity contribution < 1.29 is 14.7 Å². The molecular weight excluding hydrogens is 414 g/mol. The Morgan fingerprint density at radius 1 is 1.16 bits per heavy atom. The lowest BCUT2D eigenvalue weighted by molar-refractivity contribution is -0.130. The SMILES string of the molecule is O=C(/C=C/c1cccc(Cl)c1)N1CCC(=O)N(CCCN2CCC3(CC3)C(O)C2)CC1. The average Bonchev–Trinajstić information content (AvgIpc) is 3.55. The molecule has 1 saturated carbocycles. The summed E-state index contributed by atoms with van der Waals surface area (Å²) in [4.78, 5) is 31.1. The minimum Gasteiger partial charge on any atom is -0.391 e. The van der Waals surface area contributed by atoms with Gasteiger partial charge in [0.2, 0.25) is 11.8 Å². The first-order valence-electron chi connectivity index (χ1n) is 11.4. The van der Waals surface area contributed by atoms with Gasteiger partial charge in [0.1, 0.15) is 0 Å². The Morgan fingerprint density at radius 3 is 2.74 bits per heavy atom. The van der Waals surface area contributed by atoms with E-state index in [9.17, 15) is 14.7 Å². The van der Waals surface area contributed by atoms with E-state index in [-0.39, 0.29) is 23.3 Å². The lowest BCUT2D eigenvalue weighted by atomic mass is 9.90. The summed E-state index contributed by atoms with van der Waals surface area (Å²) in [5.74, 6) is 0.0377. The molecule has 3 fully saturated rings. The minimum atomic E-state index is -0.194. The van der Waals surface area contributed by atoms with Gasteiger partial charge in [0, 0.05) is 50.2 Å². The quantitative estimate of drug-likeness (QED) is 0.684. The third-order valence-electron chi connectivity index (χ3n) is 7.03. The molecule has 1 aromatic carbocycles. The van der Waals surface area contributed by atoms with Gasteiger partial charge < -0.3 is 19.8 Å². The van der Waals surface area contributed by atoms with E-state index < -0.39 is 0 Å². The van der Waals surface area contributed by atoms with Crippen molar-refractivity contribution in [2.24, 2.45) is 5.41 Å². The Morgan fingerprint density at radius 2 is 2.00 bits per heavy atom. The molecule has 0 bridgehead atoms. The Kier molecular flexibility index (Phi) is 6.99. The van der Waals surface area contributed by atoms with Crippen molar-refractivity contribution in [3.63, 3.8) is 0 Å². The van der Waals surface area contributed by atoms with Crippen molar-refractivity contribution in [3.05, 3.63) is 40.9 Å². The summed E-state index contributed by atoms with van der Waals surface area (Å²) in [5, 5.41) is 11.0. The van der Waals surface area contributed by atoms with Crippen molar-refractivity contribution in [2.45, 2.75) is 38.2 Å². The van der Waals surface area contributed by atoms with Gasteiger partial charge in [-0.05, 0) is 68.0 Å². The number of benzene rings is 1. The highest BCUT2D eigenvalue weighted by Crippen LogP contribution is 2.53. The summed E-state index contributed by atoms with van der Waals surface area (Å²) >= 11 is 5.99. The van der Waals surface area contributed by atoms with Gasteiger partial charge >= 0.3 is 0 Å². The van der Waals surface area contributed by atoms with Gasteiger partial charge in [-0.2, -0.15) is 0 Å². The lowest BCUT2D eigenvalue weighted by Crippen LogP contribution is -2.46. The van der Waals surface area contributed by atoms with Crippen molar-refractivity contribution >= 4 is 29.5 Å². The van der Waals surface area contributed by atoms with Gasteiger partial charge in [-0.1, -0.05) is 23.7 Å². The number of aliphatic hydroxyl groups is 1. The van der Waals surface area contributed by atoms with E-state index in [2.05, 4.69) is 4.90 Å². The van der Waals surface area contributed by atoms with Crippen LogP contribution in [-0.2, 0) is 9.59 Å². The van der Waals surface area contributed by atoms with Crippen molar-refractivity contribution in [1.29, 1.82) is 0 Å². The van der Waals surface area contributed by atoms with Crippen LogP contribution in [0.5, 0.6) is 0 Å². The molecule has 2 saturated heterocycles. The van der Waals surface area contributed by atoms with E-state index in [0.29, 0.717) is 37.6 Å². The molecule has 31 heavy (non-hydrogen) atoms. The molecule has 2 amide bonds. The number of halogens is 1. The molecular formula is C24H32ClN3O3. The molecule has 2 aliphatic heterocycles. The topological polar surface area (TPSA) is 64.1 Å². The molecule has 1 N–H and O–H groups in total. The number of nitrogens with zero attached hydrogens (tertiary/aromatic N) is 3. The number of aliphatic hydroxyl groups excluding tert-OH is 1. The second kappa shape index (κ2) is 9.72. The highest BCUT2D eigenvalue weighted by Gasteiger charge is 2.50. The number of hydrogen-bond acceptors (Lipinski definition) is 4. The number of likely N-dealkylation sites (tertiary alicyclic amines) is 1. The predicted octanol–water partition coefficient (Wildman–Crippen LogP) is 2.65. The zero-order valence-corrected chi connectivity index (χ0v) is 18.8. The summed E-state index contributed by atoms with van der Waals surface area (Å²) in [6, 6.07) is 7.36. The van der Waals surface area contributed by atoms with E-state index in [1.54, 1.807) is 23.1 Å². The molecule has 1 unspecified atom stereocenters. The number of carbonyl (C=O) groups excluding carboxylic acids is 2. The fourth-order valence-corrected chi connectivity index (χ4v) is 4.91. The highest BCUT2D eigenvalue weighted by molar-refractivity contribution is 6.30. The van der Waals surface area contributed by atoms with Gasteiger partial charge in [0.25, 0.3) is 0 Å². The molecule has 3 aliphatic rings. The number of β-amino-alcohol motifs (C(OH)–C–C–N with tert-alkyl or cyclic N) is 1. The molecule has 2 heterocycles. The summed E-state index contributed by atoms with van der Waals surface area (Å²) in [7, 11) is 0. The van der Waals surface area contributed by atoms with Gasteiger partial charge in [-0.3, -0.25) is 9.59 Å². The zero-order chi connectivity index (χ0) is 21.8. The second-order valence-electron chi connectivity index (χ2n) is 9.13. The maximum Gasteiger partial charge on any atom is 0.246 e. The Hall–Kier alpha value is -1.89. The number of hydrogen-bond donors (Lipinski definition) is 1. The molecule has 1 spiro atoms. The van der Waals surface area contributed by atoms with E-state index in [1.807, 2.05) is 23.1 Å². The fourth-order valence-electron chi connectivity index (χ4n) is 4.72. The van der Waals surface area contributed by atoms with Gasteiger partial charge in [-0.25, -0.2) is 0 Å². The molecule has 7 heteroatoms. The van der Waals surface area contributed by atoms with Gasteiger partial charge in [-0.15, -0.1) is 0 Å². The molecule has 168 valence electrons. The summed E-state index contributed by atoms with van der Waals surface area (Å²) in [5.41, 5.74) is 1.11. The average molecular weight is 446 g/mol. The molecule has 0 aromatic heterocycles. The van der Waals surface area contributed by atoms with Crippen LogP contribution in [0.1, 0.15) is 37.7 Å². The highest BCUT2D eigenvalue weighted by atomic mass is 35.5. The predicted molar refractivity (Wildman–Crippen MR) is 122 cm³/mol. The van der Waals surface area contributed by atoms with Crippen LogP contribution >= 0.6 is 11.6 Å². The first-order valence-corrected chi connectivity index (χ1v) is 11.7. The Balaban J connectivity index is 1.21. The van der Waals surface area contributed by atoms with E-state index >= 15 is 0 Å². The first-order chi connectivity index (χ1) is 14.9. The van der Waals surface area contributed by atoms with Crippen molar-refractivity contribution in [3.8, 4) is 0 Å². The molecule has 6 nitrogen and oxygen atoms in total. The number of piperidine rings is 1. The fraction of sp³-hybridized carbons (Fsp3) is 0.583. The maximum absolute atomic E-state index is 12.6. The van der Waals surface area contributed by atoms with Crippen molar-refractivity contribution in [1.82, 2.24) is 14.7 Å². The van der Waals surface area contributed by atoms with Crippen molar-refractivity contribution in [2.75, 3.05) is 45.8 Å². The number of amides is 2. The van der Waals surface area contributed by atoms with Crippen LogP contribution in [0.3, 0.4) is 0 Å². The standard InChI is InChI=1S/C24H32ClN3O3/c25-20-4-1-3-19(17-20)5-6-22(30)28-13-7-23(31)27(15-16-28)12-2-11-26-14-10-24(8-9-24)21(29)18-26/h1,3-6,17,21,29H,2,7-16,18H2/b6-5+. The molecule has 4 rings (SSSR count). The maximum atomic E-state index is 12.6. The summed E-state index contributed by atoms with van der Waals surface area (Å²) < 4.78 is 0. The zero-order valence-electron chi connectivity index (χ0n) is 18.0. The third kappa shape index (κ3) is 5.68. The Bertz CT molecular complexity index is 839. The first kappa shape index (κ1) is 22.3. The number of carbonyl (C=O) groups is 2. The second-order valence-corrected chi connectivity index (χ2v) is 9.56. The van der Waals surface area contributed by atoms with Crippen LogP contribution in [0.2, 0.25) is 5.02 Å². The van der Waals surface area contributed by atoms with Crippen LogP contribution in [0.15, 0.2) is 30.3 Å². The van der Waals surface area contributed by atoms with E-state index in [0.717, 1.165) is 38.0 Å². The third-order valence-corrected chi connectivity index (χ3v) is 7.26. The monoisotopic (exact) mass is 445 g/mol. The smallest absolute Gasteiger partial charge is 0.246 e. The molecule has 0 radical (unpaired) electrons. The summed E-state index contributed by atoms with van der Waals surface area (Å²) in [6.07, 6.45) is 7.83. The van der Waals surface area contributed by atoms with E-state index in [1.165, 1.54) is 12.8 Å². The lowest BCUT2D eigenvalue weighted by Gasteiger charge is -2.36. The van der Waals surface area contributed by atoms with Crippen LogP contribution in [0.25, 0.3) is 6.08 Å². The minimum absolute atomic E-state index is 0.0778. The molecule has 1 aromatic rings. The van der Waals surface area contributed by atoms with Gasteiger partial charge in [0.05, 0.1) is 6.10 Å². The van der Waals surface area contributed by atoms with Gasteiger partial charge in [0.15, 0.2) is 0 Å². The Labute approximate surface area is 189 Å². The summed E-state index contributed by atoms with van der Waals surface area (Å²) in [6.45, 7) is 4.99. The molecule has 1 aliphatic carbocycles. The van der Waals surface area contributed by atoms with Crippen LogP contribution in [0, 0.1) is 5.41 Å². The van der Waals surface area contributed by atoms with Crippen LogP contribution in [-0.4, -0.2) is 83.5 Å². The number of rotatable bonds is 6. The normalized spacial score (nSPS) is 24.1.